The number of ketones is 1. The van der Waals surface area contributed by atoms with Gasteiger partial charge in [0.1, 0.15) is 17.3 Å². The molecular formula is C23H19N3O5. The largest absolute Gasteiger partial charge is 0.507 e. The molecular weight excluding hydrogens is 398 g/mol. The second kappa shape index (κ2) is 8.27. The second-order valence-corrected chi connectivity index (χ2v) is 6.72. The van der Waals surface area contributed by atoms with E-state index in [9.17, 15) is 14.7 Å². The summed E-state index contributed by atoms with van der Waals surface area (Å²) in [4.78, 5) is 35.5. The minimum absolute atomic E-state index is 0.0483. The van der Waals surface area contributed by atoms with Gasteiger partial charge in [-0.05, 0) is 48.0 Å². The molecule has 0 unspecified atom stereocenters. The van der Waals surface area contributed by atoms with E-state index in [4.69, 9.17) is 9.47 Å². The number of carbonyl (C=O) groups is 2. The van der Waals surface area contributed by atoms with Crippen LogP contribution in [0.4, 0.5) is 5.95 Å². The van der Waals surface area contributed by atoms with Crippen molar-refractivity contribution in [2.24, 2.45) is 0 Å². The molecule has 0 aliphatic carbocycles. The molecule has 1 aliphatic heterocycles. The van der Waals surface area contributed by atoms with Gasteiger partial charge in [-0.3, -0.25) is 14.5 Å². The fourth-order valence-electron chi connectivity index (χ4n) is 3.46. The van der Waals surface area contributed by atoms with E-state index in [0.29, 0.717) is 22.6 Å². The molecule has 4 rings (SSSR count). The number of aliphatic hydroxyl groups is 1. The lowest BCUT2D eigenvalue weighted by atomic mass is 9.95. The predicted molar refractivity (Wildman–Crippen MR) is 113 cm³/mol. The third-order valence-electron chi connectivity index (χ3n) is 5.01. The van der Waals surface area contributed by atoms with Crippen LogP contribution >= 0.6 is 0 Å². The van der Waals surface area contributed by atoms with E-state index in [0.717, 1.165) is 0 Å². The number of amides is 1. The summed E-state index contributed by atoms with van der Waals surface area (Å²) < 4.78 is 10.3. The molecule has 1 aromatic heterocycles. The molecule has 1 atom stereocenters. The van der Waals surface area contributed by atoms with Gasteiger partial charge in [0.05, 0.1) is 25.8 Å². The highest BCUT2D eigenvalue weighted by atomic mass is 16.5. The van der Waals surface area contributed by atoms with Crippen molar-refractivity contribution in [3.63, 3.8) is 0 Å². The molecule has 1 saturated heterocycles. The summed E-state index contributed by atoms with van der Waals surface area (Å²) in [7, 11) is 3.08. The van der Waals surface area contributed by atoms with E-state index < -0.39 is 17.7 Å². The van der Waals surface area contributed by atoms with E-state index in [1.54, 1.807) is 61.7 Å². The van der Waals surface area contributed by atoms with Crippen molar-refractivity contribution in [1.29, 1.82) is 0 Å². The van der Waals surface area contributed by atoms with E-state index in [-0.39, 0.29) is 17.3 Å². The maximum atomic E-state index is 13.0. The van der Waals surface area contributed by atoms with Crippen LogP contribution in [0.15, 0.2) is 72.6 Å². The van der Waals surface area contributed by atoms with E-state index in [1.165, 1.54) is 24.4 Å². The summed E-state index contributed by atoms with van der Waals surface area (Å²) in [5, 5.41) is 11.0. The molecule has 0 radical (unpaired) electrons. The number of nitrogens with zero attached hydrogens (tertiary/aromatic N) is 3. The molecule has 3 aromatic rings. The standard InChI is InChI=1S/C23H19N3O5/c1-30-16-8-4-14(5-9-16)19-18(20(27)15-6-10-17(31-2)11-7-15)21(28)22(29)26(19)23-24-12-3-13-25-23/h3-13,19,27H,1-2H3/t19-/m1/s1. The first-order valence-corrected chi connectivity index (χ1v) is 9.41. The lowest BCUT2D eigenvalue weighted by Gasteiger charge is -2.23. The third-order valence-corrected chi connectivity index (χ3v) is 5.01. The average molecular weight is 417 g/mol. The van der Waals surface area contributed by atoms with Crippen molar-refractivity contribution in [3.8, 4) is 11.5 Å². The molecule has 0 bridgehead atoms. The topological polar surface area (TPSA) is 102 Å². The Balaban J connectivity index is 1.90. The van der Waals surface area contributed by atoms with Crippen molar-refractivity contribution in [1.82, 2.24) is 9.97 Å². The monoisotopic (exact) mass is 417 g/mol. The van der Waals surface area contributed by atoms with Gasteiger partial charge < -0.3 is 14.6 Å². The number of anilines is 1. The highest BCUT2D eigenvalue weighted by Gasteiger charge is 2.48. The van der Waals surface area contributed by atoms with Crippen LogP contribution in [0.1, 0.15) is 17.2 Å². The van der Waals surface area contributed by atoms with Crippen LogP contribution in [0.25, 0.3) is 5.76 Å². The highest BCUT2D eigenvalue weighted by molar-refractivity contribution is 6.51. The molecule has 8 nitrogen and oxygen atoms in total. The first-order valence-electron chi connectivity index (χ1n) is 9.41. The normalized spacial score (nSPS) is 17.6. The Kier molecular flexibility index (Phi) is 5.36. The smallest absolute Gasteiger partial charge is 0.302 e. The van der Waals surface area contributed by atoms with Gasteiger partial charge in [0.25, 0.3) is 5.78 Å². The minimum Gasteiger partial charge on any atom is -0.507 e. The summed E-state index contributed by atoms with van der Waals surface area (Å²) in [6, 6.07) is 14.1. The number of methoxy groups -OCH3 is 2. The zero-order valence-corrected chi connectivity index (χ0v) is 16.9. The van der Waals surface area contributed by atoms with Gasteiger partial charge in [0.15, 0.2) is 0 Å². The number of carbonyl (C=O) groups excluding carboxylic acids is 2. The van der Waals surface area contributed by atoms with Gasteiger partial charge in [0, 0.05) is 18.0 Å². The SMILES string of the molecule is COc1ccc(C(O)=C2C(=O)C(=O)N(c3ncccn3)[C@@H]2c2ccc(OC)cc2)cc1. The van der Waals surface area contributed by atoms with E-state index >= 15 is 0 Å². The Morgan fingerprint density at radius 2 is 1.45 bits per heavy atom. The van der Waals surface area contributed by atoms with Crippen LogP contribution in [0.3, 0.4) is 0 Å². The summed E-state index contributed by atoms with van der Waals surface area (Å²) in [6.07, 6.45) is 2.96. The number of Topliss-reactive ketones (excluding diaryl/α,β-unsaturated/α-hetero) is 1. The summed E-state index contributed by atoms with van der Waals surface area (Å²) in [6.45, 7) is 0. The molecule has 0 spiro atoms. The van der Waals surface area contributed by atoms with Gasteiger partial charge in [-0.15, -0.1) is 0 Å². The van der Waals surface area contributed by atoms with Crippen molar-refractivity contribution >= 4 is 23.4 Å². The summed E-state index contributed by atoms with van der Waals surface area (Å²) >= 11 is 0. The second-order valence-electron chi connectivity index (χ2n) is 6.72. The molecule has 1 fully saturated rings. The molecule has 2 heterocycles. The Morgan fingerprint density at radius 3 is 2.00 bits per heavy atom. The molecule has 2 aromatic carbocycles. The molecule has 0 saturated carbocycles. The summed E-state index contributed by atoms with van der Waals surface area (Å²) in [5.74, 6) is -0.642. The van der Waals surface area contributed by atoms with Gasteiger partial charge in [-0.25, -0.2) is 9.97 Å². The maximum Gasteiger partial charge on any atom is 0.302 e. The van der Waals surface area contributed by atoms with Crippen LogP contribution in [-0.4, -0.2) is 41.0 Å². The number of benzene rings is 2. The Labute approximate surface area is 178 Å². The number of hydrogen-bond acceptors (Lipinski definition) is 7. The number of rotatable bonds is 5. The molecule has 156 valence electrons. The first kappa shape index (κ1) is 20.1. The van der Waals surface area contributed by atoms with Crippen molar-refractivity contribution in [3.05, 3.63) is 83.7 Å². The highest BCUT2D eigenvalue weighted by Crippen LogP contribution is 2.41. The quantitative estimate of drug-likeness (QED) is 0.387. The zero-order chi connectivity index (χ0) is 22.0. The third kappa shape index (κ3) is 3.59. The Bertz CT molecular complexity index is 1140. The van der Waals surface area contributed by atoms with Crippen LogP contribution in [0.5, 0.6) is 11.5 Å². The van der Waals surface area contributed by atoms with Crippen molar-refractivity contribution < 1.29 is 24.2 Å². The number of aliphatic hydroxyl groups excluding tert-OH is 1. The van der Waals surface area contributed by atoms with Crippen LogP contribution in [0.2, 0.25) is 0 Å². The maximum absolute atomic E-state index is 13.0. The van der Waals surface area contributed by atoms with Crippen molar-refractivity contribution in [2.45, 2.75) is 6.04 Å². The Morgan fingerprint density at radius 1 is 0.903 bits per heavy atom. The van der Waals surface area contributed by atoms with Crippen LogP contribution in [0, 0.1) is 0 Å². The summed E-state index contributed by atoms with van der Waals surface area (Å²) in [5.41, 5.74) is 0.932. The molecule has 1 aliphatic rings. The van der Waals surface area contributed by atoms with Gasteiger partial charge >= 0.3 is 5.91 Å². The average Bonchev–Trinajstić information content (AvgIpc) is 3.09. The molecule has 1 N–H and O–H groups in total. The molecule has 1 amide bonds. The van der Waals surface area contributed by atoms with E-state index in [1.807, 2.05) is 0 Å². The number of ether oxygens (including phenoxy) is 2. The zero-order valence-electron chi connectivity index (χ0n) is 16.9. The van der Waals surface area contributed by atoms with Gasteiger partial charge in [0.2, 0.25) is 5.95 Å². The van der Waals surface area contributed by atoms with Crippen LogP contribution in [-0.2, 0) is 9.59 Å². The fraction of sp³-hybridized carbons (Fsp3) is 0.130. The predicted octanol–water partition coefficient (Wildman–Crippen LogP) is 3.12. The van der Waals surface area contributed by atoms with Gasteiger partial charge in [-0.2, -0.15) is 0 Å². The lowest BCUT2D eigenvalue weighted by Crippen LogP contribution is -2.31. The van der Waals surface area contributed by atoms with Crippen molar-refractivity contribution in [2.75, 3.05) is 19.1 Å². The molecule has 8 heteroatoms. The van der Waals surface area contributed by atoms with E-state index in [2.05, 4.69) is 9.97 Å². The number of hydrogen-bond donors (Lipinski definition) is 1. The van der Waals surface area contributed by atoms with Crippen LogP contribution < -0.4 is 14.4 Å². The fourth-order valence-corrected chi connectivity index (χ4v) is 3.46. The minimum atomic E-state index is -0.907. The lowest BCUT2D eigenvalue weighted by molar-refractivity contribution is -0.132. The van der Waals surface area contributed by atoms with Gasteiger partial charge in [-0.1, -0.05) is 12.1 Å². The Hall–Kier alpha value is -4.20. The first-order chi connectivity index (χ1) is 15.0. The molecule has 31 heavy (non-hydrogen) atoms. The number of aromatic nitrogens is 2.